The van der Waals surface area contributed by atoms with Crippen LogP contribution in [-0.4, -0.2) is 21.6 Å². The summed E-state index contributed by atoms with van der Waals surface area (Å²) in [4.78, 5) is 0.132. The SMILES string of the molecule is NS(=O)(=O)c1ccc2ccccc2c1-c1cccc(CNCCOc2ccccc2)c1. The largest absolute Gasteiger partial charge is 0.492 e. The zero-order chi connectivity index (χ0) is 21.7. The number of sulfonamides is 1. The van der Waals surface area contributed by atoms with E-state index in [-0.39, 0.29) is 4.90 Å². The lowest BCUT2D eigenvalue weighted by atomic mass is 9.97. The van der Waals surface area contributed by atoms with Gasteiger partial charge in [0.15, 0.2) is 0 Å². The Morgan fingerprint density at radius 1 is 0.839 bits per heavy atom. The number of primary sulfonamides is 1. The molecule has 0 unspecified atom stereocenters. The van der Waals surface area contributed by atoms with Crippen LogP contribution in [0.1, 0.15) is 5.56 Å². The predicted molar refractivity (Wildman–Crippen MR) is 124 cm³/mol. The molecule has 0 aliphatic heterocycles. The molecular weight excluding hydrogens is 408 g/mol. The Hall–Kier alpha value is -3.19. The minimum Gasteiger partial charge on any atom is -0.492 e. The number of nitrogens with two attached hydrogens (primary N) is 1. The Labute approximate surface area is 182 Å². The molecule has 0 aromatic heterocycles. The van der Waals surface area contributed by atoms with Gasteiger partial charge < -0.3 is 10.1 Å². The average molecular weight is 433 g/mol. The highest BCUT2D eigenvalue weighted by molar-refractivity contribution is 7.89. The Bertz CT molecular complexity index is 1290. The zero-order valence-corrected chi connectivity index (χ0v) is 17.8. The maximum atomic E-state index is 12.3. The molecule has 0 fully saturated rings. The fourth-order valence-electron chi connectivity index (χ4n) is 3.61. The molecule has 4 aromatic rings. The third kappa shape index (κ3) is 5.11. The van der Waals surface area contributed by atoms with Gasteiger partial charge >= 0.3 is 0 Å². The summed E-state index contributed by atoms with van der Waals surface area (Å²) < 4.78 is 30.2. The molecule has 6 heteroatoms. The normalized spacial score (nSPS) is 11.5. The lowest BCUT2D eigenvalue weighted by molar-refractivity contribution is 0.313. The van der Waals surface area contributed by atoms with E-state index in [1.165, 1.54) is 0 Å². The van der Waals surface area contributed by atoms with Gasteiger partial charge in [-0.1, -0.05) is 66.7 Å². The molecule has 0 bridgehead atoms. The highest BCUT2D eigenvalue weighted by Gasteiger charge is 2.18. The van der Waals surface area contributed by atoms with E-state index in [9.17, 15) is 8.42 Å². The van der Waals surface area contributed by atoms with Crippen molar-refractivity contribution in [3.8, 4) is 16.9 Å². The first-order chi connectivity index (χ1) is 15.0. The first-order valence-electron chi connectivity index (χ1n) is 10.0. The molecule has 0 atom stereocenters. The third-order valence-electron chi connectivity index (χ3n) is 5.03. The highest BCUT2D eigenvalue weighted by atomic mass is 32.2. The fourth-order valence-corrected chi connectivity index (χ4v) is 4.38. The van der Waals surface area contributed by atoms with E-state index in [1.54, 1.807) is 12.1 Å². The molecule has 5 nitrogen and oxygen atoms in total. The van der Waals surface area contributed by atoms with Crippen molar-refractivity contribution in [2.45, 2.75) is 11.4 Å². The number of hydrogen-bond donors (Lipinski definition) is 2. The number of benzene rings is 4. The van der Waals surface area contributed by atoms with Crippen molar-refractivity contribution < 1.29 is 13.2 Å². The summed E-state index contributed by atoms with van der Waals surface area (Å²) in [5.41, 5.74) is 2.50. The molecule has 0 heterocycles. The third-order valence-corrected chi connectivity index (χ3v) is 5.99. The van der Waals surface area contributed by atoms with E-state index in [1.807, 2.05) is 78.9 Å². The summed E-state index contributed by atoms with van der Waals surface area (Å²) >= 11 is 0. The summed E-state index contributed by atoms with van der Waals surface area (Å²) in [6.07, 6.45) is 0. The van der Waals surface area contributed by atoms with Gasteiger partial charge in [0.2, 0.25) is 10.0 Å². The van der Waals surface area contributed by atoms with Crippen molar-refractivity contribution in [1.29, 1.82) is 0 Å². The Kier molecular flexibility index (Phi) is 6.32. The molecule has 31 heavy (non-hydrogen) atoms. The Morgan fingerprint density at radius 3 is 2.42 bits per heavy atom. The summed E-state index contributed by atoms with van der Waals surface area (Å²) in [6.45, 7) is 1.89. The van der Waals surface area contributed by atoms with E-state index >= 15 is 0 Å². The molecule has 0 saturated carbocycles. The standard InChI is InChI=1S/C25H24N2O3S/c26-31(28,29)24-14-13-20-8-4-5-12-23(20)25(24)21-9-6-7-19(17-21)18-27-15-16-30-22-10-2-1-3-11-22/h1-14,17,27H,15-16,18H2,(H2,26,28,29). The van der Waals surface area contributed by atoms with Crippen molar-refractivity contribution in [3.05, 3.63) is 96.6 Å². The topological polar surface area (TPSA) is 81.4 Å². The van der Waals surface area contributed by atoms with Gasteiger partial charge in [0, 0.05) is 18.7 Å². The van der Waals surface area contributed by atoms with Gasteiger partial charge in [-0.3, -0.25) is 0 Å². The van der Waals surface area contributed by atoms with E-state index in [0.29, 0.717) is 25.3 Å². The van der Waals surface area contributed by atoms with Crippen LogP contribution < -0.4 is 15.2 Å². The summed E-state index contributed by atoms with van der Waals surface area (Å²) in [5.74, 6) is 0.845. The summed E-state index contributed by atoms with van der Waals surface area (Å²) in [6, 6.07) is 28.6. The molecule has 0 aliphatic rings. The molecule has 158 valence electrons. The maximum Gasteiger partial charge on any atom is 0.238 e. The Morgan fingerprint density at radius 2 is 1.61 bits per heavy atom. The molecular formula is C25H24N2O3S. The van der Waals surface area contributed by atoms with Crippen LogP contribution in [0.2, 0.25) is 0 Å². The number of nitrogens with one attached hydrogen (secondary N) is 1. The predicted octanol–water partition coefficient (Wildman–Crippen LogP) is 4.32. The molecule has 0 amide bonds. The number of ether oxygens (including phenoxy) is 1. The Balaban J connectivity index is 1.54. The van der Waals surface area contributed by atoms with Crippen LogP contribution in [0.15, 0.2) is 95.9 Å². The second-order valence-electron chi connectivity index (χ2n) is 7.24. The second kappa shape index (κ2) is 9.31. The number of para-hydroxylation sites is 1. The lowest BCUT2D eigenvalue weighted by Crippen LogP contribution is -2.20. The smallest absolute Gasteiger partial charge is 0.238 e. The minimum atomic E-state index is -3.87. The monoisotopic (exact) mass is 432 g/mol. The van der Waals surface area contributed by atoms with Gasteiger partial charge in [0.1, 0.15) is 12.4 Å². The van der Waals surface area contributed by atoms with E-state index in [2.05, 4.69) is 5.32 Å². The first kappa shape index (κ1) is 21.1. The van der Waals surface area contributed by atoms with Crippen molar-refractivity contribution in [1.82, 2.24) is 5.32 Å². The molecule has 0 radical (unpaired) electrons. The number of hydrogen-bond acceptors (Lipinski definition) is 4. The number of fused-ring (bicyclic) bond motifs is 1. The molecule has 4 rings (SSSR count). The van der Waals surface area contributed by atoms with Gasteiger partial charge in [-0.25, -0.2) is 13.6 Å². The molecule has 0 aliphatic carbocycles. The summed E-state index contributed by atoms with van der Waals surface area (Å²) in [7, 11) is -3.87. The fraction of sp³-hybridized carbons (Fsp3) is 0.120. The van der Waals surface area contributed by atoms with Gasteiger partial charge in [0.05, 0.1) is 4.90 Å². The van der Waals surface area contributed by atoms with Crippen molar-refractivity contribution in [3.63, 3.8) is 0 Å². The van der Waals surface area contributed by atoms with E-state index in [0.717, 1.165) is 27.6 Å². The molecule has 0 spiro atoms. The highest BCUT2D eigenvalue weighted by Crippen LogP contribution is 2.34. The van der Waals surface area contributed by atoms with Crippen LogP contribution in [0.3, 0.4) is 0 Å². The zero-order valence-electron chi connectivity index (χ0n) is 17.0. The lowest BCUT2D eigenvalue weighted by Gasteiger charge is -2.14. The van der Waals surface area contributed by atoms with Crippen LogP contribution in [0.5, 0.6) is 5.75 Å². The quantitative estimate of drug-likeness (QED) is 0.406. The van der Waals surface area contributed by atoms with Crippen LogP contribution in [-0.2, 0) is 16.6 Å². The van der Waals surface area contributed by atoms with Gasteiger partial charge in [-0.05, 0) is 46.2 Å². The van der Waals surface area contributed by atoms with Crippen LogP contribution >= 0.6 is 0 Å². The van der Waals surface area contributed by atoms with Crippen LogP contribution in [0.4, 0.5) is 0 Å². The second-order valence-corrected chi connectivity index (χ2v) is 8.77. The molecule has 3 N–H and O–H groups in total. The minimum absolute atomic E-state index is 0.132. The van der Waals surface area contributed by atoms with Crippen LogP contribution in [0.25, 0.3) is 21.9 Å². The van der Waals surface area contributed by atoms with Gasteiger partial charge in [-0.15, -0.1) is 0 Å². The molecule has 0 saturated heterocycles. The van der Waals surface area contributed by atoms with Gasteiger partial charge in [0.25, 0.3) is 0 Å². The van der Waals surface area contributed by atoms with E-state index in [4.69, 9.17) is 9.88 Å². The van der Waals surface area contributed by atoms with Crippen molar-refractivity contribution in [2.24, 2.45) is 5.14 Å². The van der Waals surface area contributed by atoms with Crippen LogP contribution in [0, 0.1) is 0 Å². The first-order valence-corrected chi connectivity index (χ1v) is 11.6. The average Bonchev–Trinajstić information content (AvgIpc) is 2.78. The van der Waals surface area contributed by atoms with Crippen molar-refractivity contribution in [2.75, 3.05) is 13.2 Å². The maximum absolute atomic E-state index is 12.3. The summed E-state index contributed by atoms with van der Waals surface area (Å²) in [5, 5.41) is 10.7. The van der Waals surface area contributed by atoms with Crippen molar-refractivity contribution >= 4 is 20.8 Å². The van der Waals surface area contributed by atoms with E-state index < -0.39 is 10.0 Å². The number of rotatable bonds is 8. The molecule has 4 aromatic carbocycles. The van der Waals surface area contributed by atoms with Gasteiger partial charge in [-0.2, -0.15) is 0 Å².